The van der Waals surface area contributed by atoms with Gasteiger partial charge in [-0.3, -0.25) is 4.99 Å². The molecule has 33 heavy (non-hydrogen) atoms. The number of nitrogens with zero attached hydrogens (tertiary/aromatic N) is 4. The molecule has 0 atom stereocenters. The van der Waals surface area contributed by atoms with E-state index in [1.807, 2.05) is 25.1 Å². The van der Waals surface area contributed by atoms with Crippen molar-refractivity contribution in [3.8, 4) is 11.5 Å². The molecule has 0 saturated carbocycles. The SMILES string of the molecule is CCOC(=O)N1CCN(C(=NC)NCc2ccc(OCCN(CC)CC)c(OC)c2)CC1.I. The summed E-state index contributed by atoms with van der Waals surface area (Å²) in [5.41, 5.74) is 1.07. The zero-order chi connectivity index (χ0) is 23.3. The second-order valence-corrected chi connectivity index (χ2v) is 7.43. The number of rotatable bonds is 10. The Hall–Kier alpha value is -1.95. The van der Waals surface area contributed by atoms with Crippen LogP contribution in [0.5, 0.6) is 11.5 Å². The number of ether oxygens (including phenoxy) is 3. The van der Waals surface area contributed by atoms with Crippen LogP contribution in [0.3, 0.4) is 0 Å². The summed E-state index contributed by atoms with van der Waals surface area (Å²) in [6.45, 7) is 13.3. The van der Waals surface area contributed by atoms with Crippen molar-refractivity contribution in [3.05, 3.63) is 23.8 Å². The fourth-order valence-electron chi connectivity index (χ4n) is 3.59. The number of benzene rings is 1. The lowest BCUT2D eigenvalue weighted by Gasteiger charge is -2.35. The topological polar surface area (TPSA) is 78.9 Å². The minimum atomic E-state index is -0.249. The first kappa shape index (κ1) is 29.1. The molecule has 188 valence electrons. The maximum atomic E-state index is 11.9. The fourth-order valence-corrected chi connectivity index (χ4v) is 3.59. The number of nitrogens with one attached hydrogen (secondary N) is 1. The predicted octanol–water partition coefficient (Wildman–Crippen LogP) is 2.88. The molecule has 0 aromatic heterocycles. The van der Waals surface area contributed by atoms with Crippen LogP contribution in [0, 0.1) is 0 Å². The number of carbonyl (C=O) groups is 1. The van der Waals surface area contributed by atoms with Crippen molar-refractivity contribution in [3.63, 3.8) is 0 Å². The Bertz CT molecular complexity index is 738. The largest absolute Gasteiger partial charge is 0.493 e. The number of aliphatic imine (C=N–C) groups is 1. The zero-order valence-electron chi connectivity index (χ0n) is 20.6. The van der Waals surface area contributed by atoms with E-state index in [1.165, 1.54) is 0 Å². The number of piperazine rings is 1. The van der Waals surface area contributed by atoms with Gasteiger partial charge in [-0.05, 0) is 37.7 Å². The van der Waals surface area contributed by atoms with Gasteiger partial charge in [-0.2, -0.15) is 0 Å². The molecule has 0 radical (unpaired) electrons. The first-order valence-electron chi connectivity index (χ1n) is 11.5. The van der Waals surface area contributed by atoms with Crippen LogP contribution in [-0.4, -0.2) is 99.9 Å². The van der Waals surface area contributed by atoms with Crippen LogP contribution < -0.4 is 14.8 Å². The summed E-state index contributed by atoms with van der Waals surface area (Å²) in [7, 11) is 3.43. The van der Waals surface area contributed by atoms with Crippen LogP contribution in [-0.2, 0) is 11.3 Å². The van der Waals surface area contributed by atoms with Gasteiger partial charge in [0, 0.05) is 46.3 Å². The van der Waals surface area contributed by atoms with Crippen LogP contribution in [0.2, 0.25) is 0 Å². The second-order valence-electron chi connectivity index (χ2n) is 7.43. The Balaban J connectivity index is 0.00000544. The molecule has 1 heterocycles. The van der Waals surface area contributed by atoms with E-state index in [9.17, 15) is 4.79 Å². The van der Waals surface area contributed by atoms with Gasteiger partial charge in [0.25, 0.3) is 0 Å². The van der Waals surface area contributed by atoms with Gasteiger partial charge in [-0.25, -0.2) is 4.79 Å². The van der Waals surface area contributed by atoms with Gasteiger partial charge >= 0.3 is 6.09 Å². The molecule has 0 bridgehead atoms. The average molecular weight is 578 g/mol. The minimum Gasteiger partial charge on any atom is -0.493 e. The van der Waals surface area contributed by atoms with E-state index < -0.39 is 0 Å². The lowest BCUT2D eigenvalue weighted by atomic mass is 10.2. The Kier molecular flexibility index (Phi) is 13.9. The molecule has 10 heteroatoms. The van der Waals surface area contributed by atoms with Crippen molar-refractivity contribution in [2.24, 2.45) is 4.99 Å². The first-order valence-corrected chi connectivity index (χ1v) is 11.5. The van der Waals surface area contributed by atoms with Crippen LogP contribution in [0.1, 0.15) is 26.3 Å². The summed E-state index contributed by atoms with van der Waals surface area (Å²) in [6, 6.07) is 5.99. The van der Waals surface area contributed by atoms with Gasteiger partial charge in [0.1, 0.15) is 6.61 Å². The van der Waals surface area contributed by atoms with Gasteiger partial charge in [0.05, 0.1) is 13.7 Å². The smallest absolute Gasteiger partial charge is 0.409 e. The highest BCUT2D eigenvalue weighted by atomic mass is 127. The van der Waals surface area contributed by atoms with Gasteiger partial charge < -0.3 is 34.2 Å². The van der Waals surface area contributed by atoms with E-state index >= 15 is 0 Å². The van der Waals surface area contributed by atoms with E-state index in [0.717, 1.165) is 42.7 Å². The highest BCUT2D eigenvalue weighted by Crippen LogP contribution is 2.28. The molecular weight excluding hydrogens is 537 g/mol. The van der Waals surface area contributed by atoms with E-state index in [2.05, 4.69) is 34.0 Å². The van der Waals surface area contributed by atoms with Crippen LogP contribution in [0.4, 0.5) is 4.79 Å². The number of guanidine groups is 1. The maximum absolute atomic E-state index is 11.9. The maximum Gasteiger partial charge on any atom is 0.409 e. The Labute approximate surface area is 215 Å². The first-order chi connectivity index (χ1) is 15.6. The van der Waals surface area contributed by atoms with Crippen molar-refractivity contribution in [2.75, 3.05) is 73.2 Å². The quantitative estimate of drug-likeness (QED) is 0.260. The number of likely N-dealkylation sites (N-methyl/N-ethyl adjacent to an activating group) is 1. The molecule has 1 aliphatic heterocycles. The minimum absolute atomic E-state index is 0. The lowest BCUT2D eigenvalue weighted by molar-refractivity contribution is 0.0914. The Morgan fingerprint density at radius 2 is 1.76 bits per heavy atom. The molecule has 1 fully saturated rings. The average Bonchev–Trinajstić information content (AvgIpc) is 2.83. The molecule has 1 N–H and O–H groups in total. The molecule has 1 saturated heterocycles. The van der Waals surface area contributed by atoms with Gasteiger partial charge in [-0.1, -0.05) is 19.9 Å². The number of amides is 1. The molecule has 0 spiro atoms. The second kappa shape index (κ2) is 15.8. The van der Waals surface area contributed by atoms with Crippen molar-refractivity contribution >= 4 is 36.0 Å². The van der Waals surface area contributed by atoms with Crippen LogP contribution in [0.15, 0.2) is 23.2 Å². The molecule has 9 nitrogen and oxygen atoms in total. The number of methoxy groups -OCH3 is 1. The van der Waals surface area contributed by atoms with E-state index in [0.29, 0.717) is 45.9 Å². The molecule has 1 amide bonds. The lowest BCUT2D eigenvalue weighted by Crippen LogP contribution is -2.53. The molecule has 1 aromatic rings. The van der Waals surface area contributed by atoms with Crippen molar-refractivity contribution in [1.82, 2.24) is 20.0 Å². The summed E-state index contributed by atoms with van der Waals surface area (Å²) >= 11 is 0. The third-order valence-corrected chi connectivity index (χ3v) is 5.56. The molecule has 1 aliphatic rings. The van der Waals surface area contributed by atoms with E-state index in [1.54, 1.807) is 19.1 Å². The molecule has 0 unspecified atom stereocenters. The number of halogens is 1. The predicted molar refractivity (Wildman–Crippen MR) is 142 cm³/mol. The number of hydrogen-bond acceptors (Lipinski definition) is 6. The summed E-state index contributed by atoms with van der Waals surface area (Å²) in [5, 5.41) is 3.41. The van der Waals surface area contributed by atoms with E-state index in [4.69, 9.17) is 14.2 Å². The van der Waals surface area contributed by atoms with Crippen molar-refractivity contribution in [1.29, 1.82) is 0 Å². The third-order valence-electron chi connectivity index (χ3n) is 5.56. The van der Waals surface area contributed by atoms with Crippen LogP contribution in [0.25, 0.3) is 0 Å². The highest BCUT2D eigenvalue weighted by Gasteiger charge is 2.23. The van der Waals surface area contributed by atoms with Gasteiger partial charge in [-0.15, -0.1) is 24.0 Å². The van der Waals surface area contributed by atoms with Crippen LogP contribution >= 0.6 is 24.0 Å². The Morgan fingerprint density at radius 1 is 1.09 bits per heavy atom. The highest BCUT2D eigenvalue weighted by molar-refractivity contribution is 14.0. The number of hydrogen-bond donors (Lipinski definition) is 1. The third kappa shape index (κ3) is 9.07. The Morgan fingerprint density at radius 3 is 2.33 bits per heavy atom. The standard InChI is InChI=1S/C23H39N5O4.HI/c1-6-26(7-2)15-16-32-20-10-9-19(17-21(20)30-5)18-25-22(24-4)27-11-13-28(14-12-27)23(29)31-8-3;/h9-10,17H,6-8,11-16,18H2,1-5H3,(H,24,25);1H. The molecule has 1 aromatic carbocycles. The normalized spacial score (nSPS) is 14.1. The molecule has 0 aliphatic carbocycles. The summed E-state index contributed by atoms with van der Waals surface area (Å²) in [6.07, 6.45) is -0.249. The van der Waals surface area contributed by atoms with E-state index in [-0.39, 0.29) is 30.1 Å². The fraction of sp³-hybridized carbons (Fsp3) is 0.652. The summed E-state index contributed by atoms with van der Waals surface area (Å²) < 4.78 is 16.6. The summed E-state index contributed by atoms with van der Waals surface area (Å²) in [4.78, 5) is 22.5. The molecular formula is C23H40IN5O4. The van der Waals surface area contributed by atoms with Gasteiger partial charge in [0.15, 0.2) is 17.5 Å². The van der Waals surface area contributed by atoms with Gasteiger partial charge in [0.2, 0.25) is 0 Å². The monoisotopic (exact) mass is 577 g/mol. The molecule has 2 rings (SSSR count). The number of carbonyl (C=O) groups excluding carboxylic acids is 1. The van der Waals surface area contributed by atoms with Crippen molar-refractivity contribution in [2.45, 2.75) is 27.3 Å². The summed E-state index contributed by atoms with van der Waals surface area (Å²) in [5.74, 6) is 2.29. The van der Waals surface area contributed by atoms with Crippen molar-refractivity contribution < 1.29 is 19.0 Å². The zero-order valence-corrected chi connectivity index (χ0v) is 23.0.